The average molecular weight is 434 g/mol. The Morgan fingerprint density at radius 2 is 1.38 bits per heavy atom. The van der Waals surface area contributed by atoms with Gasteiger partial charge in [-0.25, -0.2) is 0 Å². The molecule has 3 aromatic rings. The Bertz CT molecular complexity index is 944. The highest BCUT2D eigenvalue weighted by atomic mass is 16.5. The summed E-state index contributed by atoms with van der Waals surface area (Å²) in [7, 11) is 0. The molecule has 5 heteroatoms. The van der Waals surface area contributed by atoms with Gasteiger partial charge in [-0.2, -0.15) is 0 Å². The van der Waals surface area contributed by atoms with Crippen LogP contribution >= 0.6 is 0 Å². The zero-order valence-corrected chi connectivity index (χ0v) is 18.3. The van der Waals surface area contributed by atoms with Crippen LogP contribution in [0, 0.1) is 0 Å². The lowest BCUT2D eigenvalue weighted by Crippen LogP contribution is -2.25. The maximum Gasteiger partial charge on any atom is 0.255 e. The maximum atomic E-state index is 12.9. The lowest BCUT2D eigenvalue weighted by atomic mass is 10.1. The Morgan fingerprint density at radius 1 is 0.750 bits per heavy atom. The minimum absolute atomic E-state index is 0.180. The molecule has 0 aliphatic rings. The molecule has 0 saturated carbocycles. The smallest absolute Gasteiger partial charge is 0.255 e. The second-order valence-corrected chi connectivity index (χ2v) is 7.60. The molecule has 168 valence electrons. The molecule has 0 radical (unpaired) electrons. The number of rotatable bonds is 13. The van der Waals surface area contributed by atoms with Crippen molar-refractivity contribution in [1.82, 2.24) is 5.32 Å². The van der Waals surface area contributed by atoms with E-state index >= 15 is 0 Å². The molecule has 0 fully saturated rings. The first-order valence-corrected chi connectivity index (χ1v) is 11.1. The third-order valence-electron chi connectivity index (χ3n) is 5.05. The quantitative estimate of drug-likeness (QED) is 0.367. The lowest BCUT2D eigenvalue weighted by molar-refractivity contribution is 0.0947. The summed E-state index contributed by atoms with van der Waals surface area (Å²) in [6.07, 6.45) is 3.60. The van der Waals surface area contributed by atoms with Crippen molar-refractivity contribution in [3.05, 3.63) is 95.6 Å². The lowest BCUT2D eigenvalue weighted by Gasteiger charge is -2.14. The van der Waals surface area contributed by atoms with Gasteiger partial charge in [0.15, 0.2) is 0 Å². The van der Waals surface area contributed by atoms with E-state index in [9.17, 15) is 4.79 Å². The fraction of sp³-hybridized carbons (Fsp3) is 0.296. The Kier molecular flexibility index (Phi) is 9.62. The molecular weight excluding hydrogens is 402 g/mol. The summed E-state index contributed by atoms with van der Waals surface area (Å²) in [6.45, 7) is 1.60. The number of unbranched alkanes of at least 4 members (excludes halogenated alkanes) is 3. The third kappa shape index (κ3) is 7.75. The summed E-state index contributed by atoms with van der Waals surface area (Å²) >= 11 is 0. The molecule has 2 N–H and O–H groups in total. The SMILES string of the molecule is O=C(NCCCCCCO)c1cc(OCc2ccccc2)ccc1OCc1ccccc1. The van der Waals surface area contributed by atoms with Crippen LogP contribution in [0.15, 0.2) is 78.9 Å². The predicted octanol–water partition coefficient (Wildman–Crippen LogP) is 5.13. The number of aliphatic hydroxyl groups excluding tert-OH is 1. The van der Waals surface area contributed by atoms with E-state index in [2.05, 4.69) is 5.32 Å². The number of hydrogen-bond acceptors (Lipinski definition) is 4. The van der Waals surface area contributed by atoms with Crippen molar-refractivity contribution in [2.75, 3.05) is 13.2 Å². The van der Waals surface area contributed by atoms with E-state index in [-0.39, 0.29) is 12.5 Å². The summed E-state index contributed by atoms with van der Waals surface area (Å²) in [6, 6.07) is 25.1. The molecule has 0 saturated heterocycles. The molecule has 0 unspecified atom stereocenters. The fourth-order valence-corrected chi connectivity index (χ4v) is 3.27. The fourth-order valence-electron chi connectivity index (χ4n) is 3.27. The van der Waals surface area contributed by atoms with Crippen molar-refractivity contribution in [3.8, 4) is 11.5 Å². The molecule has 5 nitrogen and oxygen atoms in total. The van der Waals surface area contributed by atoms with Gasteiger partial charge in [-0.1, -0.05) is 73.5 Å². The van der Waals surface area contributed by atoms with E-state index in [1.807, 2.05) is 66.7 Å². The molecule has 0 aromatic heterocycles. The molecule has 0 heterocycles. The number of amides is 1. The second-order valence-electron chi connectivity index (χ2n) is 7.60. The first kappa shape index (κ1) is 23.4. The van der Waals surface area contributed by atoms with Gasteiger partial charge >= 0.3 is 0 Å². The monoisotopic (exact) mass is 433 g/mol. The van der Waals surface area contributed by atoms with Gasteiger partial charge in [-0.3, -0.25) is 4.79 Å². The number of aliphatic hydroxyl groups is 1. The molecule has 0 aliphatic carbocycles. The predicted molar refractivity (Wildman–Crippen MR) is 126 cm³/mol. The van der Waals surface area contributed by atoms with Crippen LogP contribution in [-0.4, -0.2) is 24.2 Å². The molecule has 0 aliphatic heterocycles. The van der Waals surface area contributed by atoms with E-state index in [1.54, 1.807) is 12.1 Å². The van der Waals surface area contributed by atoms with E-state index in [0.29, 0.717) is 36.8 Å². The standard InChI is InChI=1S/C27H31NO4/c29-18-10-2-1-9-17-28-27(30)25-19-24(31-20-22-11-5-3-6-12-22)15-16-26(25)32-21-23-13-7-4-8-14-23/h3-8,11-16,19,29H,1-2,9-10,17-18,20-21H2,(H,28,30). The Hall–Kier alpha value is -3.31. The Balaban J connectivity index is 1.66. The van der Waals surface area contributed by atoms with Crippen LogP contribution in [0.5, 0.6) is 11.5 Å². The number of benzene rings is 3. The third-order valence-corrected chi connectivity index (χ3v) is 5.05. The van der Waals surface area contributed by atoms with Crippen LogP contribution in [0.2, 0.25) is 0 Å². The van der Waals surface area contributed by atoms with E-state index in [0.717, 1.165) is 36.8 Å². The first-order chi connectivity index (χ1) is 15.8. The number of ether oxygens (including phenoxy) is 2. The van der Waals surface area contributed by atoms with Crippen LogP contribution in [-0.2, 0) is 13.2 Å². The number of nitrogens with one attached hydrogen (secondary N) is 1. The molecule has 0 bridgehead atoms. The minimum atomic E-state index is -0.180. The minimum Gasteiger partial charge on any atom is -0.489 e. The maximum absolute atomic E-state index is 12.9. The summed E-state index contributed by atoms with van der Waals surface area (Å²) in [5, 5.41) is 11.8. The van der Waals surface area contributed by atoms with Gasteiger partial charge in [-0.15, -0.1) is 0 Å². The van der Waals surface area contributed by atoms with Crippen LogP contribution in [0.1, 0.15) is 47.2 Å². The zero-order chi connectivity index (χ0) is 22.4. The molecule has 0 spiro atoms. The molecule has 32 heavy (non-hydrogen) atoms. The van der Waals surface area contributed by atoms with Crippen molar-refractivity contribution in [2.24, 2.45) is 0 Å². The highest BCUT2D eigenvalue weighted by Gasteiger charge is 2.14. The zero-order valence-electron chi connectivity index (χ0n) is 18.3. The Labute approximate surface area is 190 Å². The molecule has 3 aromatic carbocycles. The van der Waals surface area contributed by atoms with Crippen molar-refractivity contribution < 1.29 is 19.4 Å². The topological polar surface area (TPSA) is 67.8 Å². The van der Waals surface area contributed by atoms with Gasteiger partial charge < -0.3 is 19.9 Å². The molecule has 0 atom stereocenters. The number of hydrogen-bond donors (Lipinski definition) is 2. The van der Waals surface area contributed by atoms with Gasteiger partial charge in [-0.05, 0) is 42.2 Å². The van der Waals surface area contributed by atoms with Crippen LogP contribution < -0.4 is 14.8 Å². The number of carbonyl (C=O) groups is 1. The largest absolute Gasteiger partial charge is 0.489 e. The molecule has 1 amide bonds. The van der Waals surface area contributed by atoms with Crippen LogP contribution in [0.3, 0.4) is 0 Å². The van der Waals surface area contributed by atoms with Gasteiger partial charge in [0.05, 0.1) is 5.56 Å². The van der Waals surface area contributed by atoms with Gasteiger partial charge in [0.1, 0.15) is 24.7 Å². The van der Waals surface area contributed by atoms with Crippen molar-refractivity contribution in [1.29, 1.82) is 0 Å². The van der Waals surface area contributed by atoms with Crippen molar-refractivity contribution in [2.45, 2.75) is 38.9 Å². The molecule has 3 rings (SSSR count). The average Bonchev–Trinajstić information content (AvgIpc) is 2.85. The van der Waals surface area contributed by atoms with Crippen molar-refractivity contribution >= 4 is 5.91 Å². The Morgan fingerprint density at radius 3 is 2.03 bits per heavy atom. The van der Waals surface area contributed by atoms with Crippen LogP contribution in [0.25, 0.3) is 0 Å². The summed E-state index contributed by atoms with van der Waals surface area (Å²) in [5.41, 5.74) is 2.56. The first-order valence-electron chi connectivity index (χ1n) is 11.1. The molecular formula is C27H31NO4. The summed E-state index contributed by atoms with van der Waals surface area (Å²) in [5.74, 6) is 0.966. The van der Waals surface area contributed by atoms with E-state index < -0.39 is 0 Å². The second kappa shape index (κ2) is 13.2. The normalized spacial score (nSPS) is 10.5. The number of carbonyl (C=O) groups excluding carboxylic acids is 1. The van der Waals surface area contributed by atoms with Crippen molar-refractivity contribution in [3.63, 3.8) is 0 Å². The van der Waals surface area contributed by atoms with Gasteiger partial charge in [0, 0.05) is 13.2 Å². The highest BCUT2D eigenvalue weighted by molar-refractivity contribution is 5.97. The van der Waals surface area contributed by atoms with Gasteiger partial charge in [0.2, 0.25) is 0 Å². The van der Waals surface area contributed by atoms with Crippen LogP contribution in [0.4, 0.5) is 0 Å². The summed E-state index contributed by atoms with van der Waals surface area (Å²) in [4.78, 5) is 12.9. The van der Waals surface area contributed by atoms with Gasteiger partial charge in [0.25, 0.3) is 5.91 Å². The van der Waals surface area contributed by atoms with E-state index in [4.69, 9.17) is 14.6 Å². The summed E-state index contributed by atoms with van der Waals surface area (Å²) < 4.78 is 11.9. The van der Waals surface area contributed by atoms with E-state index in [1.165, 1.54) is 0 Å². The highest BCUT2D eigenvalue weighted by Crippen LogP contribution is 2.26.